The molecule has 0 amide bonds. The number of likely N-dealkylation sites (N-methyl/N-ethyl adjacent to an activating group) is 1. The molecule has 0 bridgehead atoms. The number of hydrogen-bond donors (Lipinski definition) is 1. The van der Waals surface area contributed by atoms with Gasteiger partial charge < -0.3 is 5.32 Å². The van der Waals surface area contributed by atoms with Gasteiger partial charge in [-0.1, -0.05) is 50.6 Å². The number of nitrogens with one attached hydrogen (secondary N) is 1. The van der Waals surface area contributed by atoms with Crippen molar-refractivity contribution in [1.29, 1.82) is 0 Å². The second kappa shape index (κ2) is 7.06. The molecule has 1 heterocycles. The number of nitrogens with zero attached hydrogens (tertiary/aromatic N) is 1. The average Bonchev–Trinajstić information content (AvgIpc) is 2.46. The minimum absolute atomic E-state index is 0.430. The van der Waals surface area contributed by atoms with Gasteiger partial charge in [-0.2, -0.15) is 0 Å². The van der Waals surface area contributed by atoms with Crippen molar-refractivity contribution in [2.75, 3.05) is 20.1 Å². The summed E-state index contributed by atoms with van der Waals surface area (Å²) in [5, 5.41) is 3.56. The van der Waals surface area contributed by atoms with Crippen molar-refractivity contribution in [3.63, 3.8) is 0 Å². The summed E-state index contributed by atoms with van der Waals surface area (Å²) in [6.07, 6.45) is 4.11. The number of rotatable bonds is 5. The molecular weight excluding hydrogens is 232 g/mol. The van der Waals surface area contributed by atoms with Gasteiger partial charge in [-0.25, -0.2) is 0 Å². The lowest BCUT2D eigenvalue weighted by Gasteiger charge is -2.41. The van der Waals surface area contributed by atoms with Crippen LogP contribution in [-0.4, -0.2) is 31.1 Å². The fourth-order valence-corrected chi connectivity index (χ4v) is 3.43. The third-order valence-corrected chi connectivity index (χ3v) is 4.31. The first-order valence-electron chi connectivity index (χ1n) is 7.70. The highest BCUT2D eigenvalue weighted by Crippen LogP contribution is 2.28. The van der Waals surface area contributed by atoms with Crippen LogP contribution in [0, 0.1) is 5.92 Å². The second-order valence-electron chi connectivity index (χ2n) is 6.01. The first-order chi connectivity index (χ1) is 9.24. The first kappa shape index (κ1) is 14.5. The Bertz CT molecular complexity index is 355. The van der Waals surface area contributed by atoms with Gasteiger partial charge >= 0.3 is 0 Å². The van der Waals surface area contributed by atoms with Crippen LogP contribution in [0.3, 0.4) is 0 Å². The zero-order valence-electron chi connectivity index (χ0n) is 12.6. The molecule has 2 heteroatoms. The lowest BCUT2D eigenvalue weighted by atomic mass is 9.88. The normalized spacial score (nSPS) is 20.4. The Labute approximate surface area is 118 Å². The molecule has 0 saturated carbocycles. The van der Waals surface area contributed by atoms with Crippen LogP contribution >= 0.6 is 0 Å². The Kier molecular flexibility index (Phi) is 5.41. The molecule has 106 valence electrons. The maximum absolute atomic E-state index is 3.56. The van der Waals surface area contributed by atoms with Crippen molar-refractivity contribution < 1.29 is 0 Å². The SMILES string of the molecule is CNC(c1ccccc1)C(C(C)C)N1CCCCC1. The number of benzene rings is 1. The Hall–Kier alpha value is -0.860. The molecule has 1 aliphatic rings. The summed E-state index contributed by atoms with van der Waals surface area (Å²) in [4.78, 5) is 2.70. The minimum atomic E-state index is 0.430. The quantitative estimate of drug-likeness (QED) is 0.872. The van der Waals surface area contributed by atoms with Gasteiger partial charge in [0, 0.05) is 12.1 Å². The molecule has 1 aliphatic heterocycles. The zero-order valence-corrected chi connectivity index (χ0v) is 12.6. The number of likely N-dealkylation sites (tertiary alicyclic amines) is 1. The Balaban J connectivity index is 2.20. The van der Waals surface area contributed by atoms with Crippen LogP contribution in [0.15, 0.2) is 30.3 Å². The molecule has 2 atom stereocenters. The van der Waals surface area contributed by atoms with Gasteiger partial charge in [-0.05, 0) is 44.5 Å². The summed E-state index contributed by atoms with van der Waals surface area (Å²) in [6, 6.07) is 11.9. The summed E-state index contributed by atoms with van der Waals surface area (Å²) < 4.78 is 0. The van der Waals surface area contributed by atoms with Gasteiger partial charge in [0.05, 0.1) is 0 Å². The van der Waals surface area contributed by atoms with Crippen molar-refractivity contribution >= 4 is 0 Å². The fourth-order valence-electron chi connectivity index (χ4n) is 3.43. The molecule has 1 saturated heterocycles. The summed E-state index contributed by atoms with van der Waals surface area (Å²) in [7, 11) is 2.09. The van der Waals surface area contributed by atoms with Crippen LogP contribution in [0.4, 0.5) is 0 Å². The predicted octanol–water partition coefficient (Wildman–Crippen LogP) is 3.46. The van der Waals surface area contributed by atoms with E-state index in [1.807, 2.05) is 0 Å². The summed E-state index contributed by atoms with van der Waals surface area (Å²) in [5.74, 6) is 0.663. The van der Waals surface area contributed by atoms with E-state index < -0.39 is 0 Å². The highest BCUT2D eigenvalue weighted by atomic mass is 15.2. The molecule has 1 N–H and O–H groups in total. The molecule has 1 aromatic carbocycles. The molecule has 2 nitrogen and oxygen atoms in total. The predicted molar refractivity (Wildman–Crippen MR) is 82.3 cm³/mol. The van der Waals surface area contributed by atoms with E-state index >= 15 is 0 Å². The minimum Gasteiger partial charge on any atom is -0.312 e. The maximum Gasteiger partial charge on any atom is 0.0478 e. The molecule has 0 aromatic heterocycles. The van der Waals surface area contributed by atoms with E-state index in [1.165, 1.54) is 37.9 Å². The van der Waals surface area contributed by atoms with Gasteiger partial charge in [0.15, 0.2) is 0 Å². The van der Waals surface area contributed by atoms with Gasteiger partial charge in [0.2, 0.25) is 0 Å². The van der Waals surface area contributed by atoms with Crippen molar-refractivity contribution in [1.82, 2.24) is 10.2 Å². The lowest BCUT2D eigenvalue weighted by Crippen LogP contribution is -2.49. The van der Waals surface area contributed by atoms with E-state index in [2.05, 4.69) is 61.4 Å². The smallest absolute Gasteiger partial charge is 0.0478 e. The van der Waals surface area contributed by atoms with E-state index in [0.29, 0.717) is 18.0 Å². The third kappa shape index (κ3) is 3.58. The topological polar surface area (TPSA) is 15.3 Å². The van der Waals surface area contributed by atoms with Crippen molar-refractivity contribution in [2.24, 2.45) is 5.92 Å². The Morgan fingerprint density at radius 3 is 2.16 bits per heavy atom. The molecule has 1 aromatic rings. The van der Waals surface area contributed by atoms with Crippen LogP contribution in [0.5, 0.6) is 0 Å². The van der Waals surface area contributed by atoms with Crippen molar-refractivity contribution in [3.8, 4) is 0 Å². The largest absolute Gasteiger partial charge is 0.312 e. The van der Waals surface area contributed by atoms with Crippen molar-refractivity contribution in [3.05, 3.63) is 35.9 Å². The van der Waals surface area contributed by atoms with Crippen LogP contribution in [0.1, 0.15) is 44.7 Å². The highest BCUT2D eigenvalue weighted by molar-refractivity contribution is 5.21. The van der Waals surface area contributed by atoms with E-state index in [-0.39, 0.29) is 0 Å². The average molecular weight is 260 g/mol. The van der Waals surface area contributed by atoms with Crippen LogP contribution in [0.25, 0.3) is 0 Å². The van der Waals surface area contributed by atoms with E-state index in [1.54, 1.807) is 0 Å². The molecule has 19 heavy (non-hydrogen) atoms. The third-order valence-electron chi connectivity index (χ3n) is 4.31. The molecule has 0 radical (unpaired) electrons. The highest BCUT2D eigenvalue weighted by Gasteiger charge is 2.30. The summed E-state index contributed by atoms with van der Waals surface area (Å²) in [5.41, 5.74) is 1.41. The van der Waals surface area contributed by atoms with Crippen molar-refractivity contribution in [2.45, 2.75) is 45.2 Å². The molecular formula is C17H28N2. The molecule has 0 spiro atoms. The zero-order chi connectivity index (χ0) is 13.7. The Morgan fingerprint density at radius 2 is 1.63 bits per heavy atom. The second-order valence-corrected chi connectivity index (χ2v) is 6.01. The first-order valence-corrected chi connectivity index (χ1v) is 7.70. The molecule has 2 rings (SSSR count). The van der Waals surface area contributed by atoms with E-state index in [0.717, 1.165) is 0 Å². The van der Waals surface area contributed by atoms with E-state index in [9.17, 15) is 0 Å². The van der Waals surface area contributed by atoms with E-state index in [4.69, 9.17) is 0 Å². The Morgan fingerprint density at radius 1 is 1.00 bits per heavy atom. The molecule has 2 unspecified atom stereocenters. The van der Waals surface area contributed by atoms with Gasteiger partial charge in [-0.15, -0.1) is 0 Å². The lowest BCUT2D eigenvalue weighted by molar-refractivity contribution is 0.0981. The van der Waals surface area contributed by atoms with Gasteiger partial charge in [0.25, 0.3) is 0 Å². The van der Waals surface area contributed by atoms with Crippen LogP contribution in [0.2, 0.25) is 0 Å². The fraction of sp³-hybridized carbons (Fsp3) is 0.647. The van der Waals surface area contributed by atoms with Crippen LogP contribution < -0.4 is 5.32 Å². The van der Waals surface area contributed by atoms with Gasteiger partial charge in [-0.3, -0.25) is 4.90 Å². The standard InChI is InChI=1S/C17H28N2/c1-14(2)17(19-12-8-5-9-13-19)16(18-3)15-10-6-4-7-11-15/h4,6-7,10-11,14,16-18H,5,8-9,12-13H2,1-3H3. The number of piperidine rings is 1. The summed E-state index contributed by atoms with van der Waals surface area (Å²) >= 11 is 0. The monoisotopic (exact) mass is 260 g/mol. The van der Waals surface area contributed by atoms with Gasteiger partial charge in [0.1, 0.15) is 0 Å². The van der Waals surface area contributed by atoms with Crippen LogP contribution in [-0.2, 0) is 0 Å². The maximum atomic E-state index is 3.56. The number of hydrogen-bond acceptors (Lipinski definition) is 2. The molecule has 1 fully saturated rings. The molecule has 0 aliphatic carbocycles. The summed E-state index contributed by atoms with van der Waals surface area (Å²) in [6.45, 7) is 7.22.